The molecule has 0 fully saturated rings. The van der Waals surface area contributed by atoms with Crippen molar-refractivity contribution < 1.29 is 35.9 Å². The van der Waals surface area contributed by atoms with Crippen LogP contribution >= 0.6 is 0 Å². The normalized spacial score (nSPS) is 12.3. The van der Waals surface area contributed by atoms with Crippen LogP contribution in [0, 0.1) is 0 Å². The standard InChI is InChI=1S/C12H12F6N2O3/c13-11(14,15)7-23-5-3-19-9(21)6-20-4-1-2-8(10(20)22)12(16,17)18/h1-2,4H,3,5-7H2,(H,19,21). The molecule has 0 saturated heterocycles. The molecule has 23 heavy (non-hydrogen) atoms. The van der Waals surface area contributed by atoms with Crippen LogP contribution in [-0.4, -0.2) is 36.4 Å². The Bertz CT molecular complexity index is 594. The molecular weight excluding hydrogens is 334 g/mol. The molecule has 1 rings (SSSR count). The van der Waals surface area contributed by atoms with Gasteiger partial charge in [-0.25, -0.2) is 0 Å². The van der Waals surface area contributed by atoms with Crippen molar-refractivity contribution in [3.63, 3.8) is 0 Å². The number of halogens is 6. The highest BCUT2D eigenvalue weighted by Gasteiger charge is 2.34. The number of pyridine rings is 1. The fourth-order valence-electron chi connectivity index (χ4n) is 1.54. The van der Waals surface area contributed by atoms with Gasteiger partial charge < -0.3 is 14.6 Å². The molecule has 0 aromatic carbocycles. The van der Waals surface area contributed by atoms with E-state index in [-0.39, 0.29) is 6.54 Å². The number of rotatable bonds is 6. The van der Waals surface area contributed by atoms with E-state index in [0.717, 1.165) is 12.3 Å². The molecule has 1 amide bonds. The van der Waals surface area contributed by atoms with Crippen LogP contribution in [0.1, 0.15) is 5.56 Å². The van der Waals surface area contributed by atoms with Crippen LogP contribution in [-0.2, 0) is 22.3 Å². The summed E-state index contributed by atoms with van der Waals surface area (Å²) in [6.07, 6.45) is -8.34. The van der Waals surface area contributed by atoms with Crippen LogP contribution in [0.2, 0.25) is 0 Å². The first kappa shape index (κ1) is 19.0. The lowest BCUT2D eigenvalue weighted by molar-refractivity contribution is -0.173. The lowest BCUT2D eigenvalue weighted by atomic mass is 10.2. The smallest absolute Gasteiger partial charge is 0.370 e. The molecule has 0 aliphatic carbocycles. The van der Waals surface area contributed by atoms with Gasteiger partial charge in [0.2, 0.25) is 5.91 Å². The number of carbonyl (C=O) groups is 1. The maximum Gasteiger partial charge on any atom is 0.421 e. The summed E-state index contributed by atoms with van der Waals surface area (Å²) < 4.78 is 77.7. The molecule has 1 aromatic heterocycles. The van der Waals surface area contributed by atoms with E-state index in [1.807, 2.05) is 0 Å². The van der Waals surface area contributed by atoms with Gasteiger partial charge in [-0.2, -0.15) is 26.3 Å². The minimum atomic E-state index is -4.85. The van der Waals surface area contributed by atoms with Crippen molar-refractivity contribution in [2.45, 2.75) is 18.9 Å². The van der Waals surface area contributed by atoms with Gasteiger partial charge in [-0.05, 0) is 12.1 Å². The molecule has 0 radical (unpaired) electrons. The summed E-state index contributed by atoms with van der Waals surface area (Å²) in [5.74, 6) is -0.831. The summed E-state index contributed by atoms with van der Waals surface area (Å²) in [6, 6.07) is 1.55. The second kappa shape index (κ2) is 7.49. The second-order valence-corrected chi connectivity index (χ2v) is 4.37. The van der Waals surface area contributed by atoms with Gasteiger partial charge in [0, 0.05) is 12.7 Å². The molecule has 0 saturated carbocycles. The van der Waals surface area contributed by atoms with E-state index in [1.165, 1.54) is 0 Å². The minimum Gasteiger partial charge on any atom is -0.370 e. The maximum absolute atomic E-state index is 12.5. The largest absolute Gasteiger partial charge is 0.421 e. The van der Waals surface area contributed by atoms with E-state index in [2.05, 4.69) is 10.1 Å². The SMILES string of the molecule is O=C(Cn1cccc(C(F)(F)F)c1=O)NCCOCC(F)(F)F. The van der Waals surface area contributed by atoms with Crippen LogP contribution < -0.4 is 10.9 Å². The monoisotopic (exact) mass is 346 g/mol. The highest BCUT2D eigenvalue weighted by atomic mass is 19.4. The Morgan fingerprint density at radius 2 is 1.87 bits per heavy atom. The topological polar surface area (TPSA) is 60.3 Å². The van der Waals surface area contributed by atoms with Gasteiger partial charge in [-0.15, -0.1) is 0 Å². The van der Waals surface area contributed by atoms with Gasteiger partial charge >= 0.3 is 12.4 Å². The molecule has 11 heteroatoms. The summed E-state index contributed by atoms with van der Waals surface area (Å²) >= 11 is 0. The number of nitrogens with one attached hydrogen (secondary N) is 1. The highest BCUT2D eigenvalue weighted by molar-refractivity contribution is 5.75. The van der Waals surface area contributed by atoms with Crippen molar-refractivity contribution in [3.05, 3.63) is 34.2 Å². The summed E-state index contributed by atoms with van der Waals surface area (Å²) in [5.41, 5.74) is -2.80. The van der Waals surface area contributed by atoms with Gasteiger partial charge in [-0.3, -0.25) is 9.59 Å². The number of hydrogen-bond acceptors (Lipinski definition) is 3. The van der Waals surface area contributed by atoms with Crippen molar-refractivity contribution in [1.82, 2.24) is 9.88 Å². The predicted octanol–water partition coefficient (Wildman–Crippen LogP) is 1.56. The molecule has 0 spiro atoms. The van der Waals surface area contributed by atoms with Crippen LogP contribution in [0.5, 0.6) is 0 Å². The number of carbonyl (C=O) groups excluding carboxylic acids is 1. The summed E-state index contributed by atoms with van der Waals surface area (Å²) in [4.78, 5) is 23.0. The van der Waals surface area contributed by atoms with Gasteiger partial charge in [0.25, 0.3) is 5.56 Å². The fraction of sp³-hybridized carbons (Fsp3) is 0.500. The Morgan fingerprint density at radius 3 is 2.43 bits per heavy atom. The minimum absolute atomic E-state index is 0.275. The number of hydrogen-bond donors (Lipinski definition) is 1. The van der Waals surface area contributed by atoms with E-state index < -0.39 is 49.1 Å². The molecule has 0 aliphatic heterocycles. The molecule has 0 aliphatic rings. The third-order valence-electron chi connectivity index (χ3n) is 2.47. The van der Waals surface area contributed by atoms with Crippen molar-refractivity contribution in [3.8, 4) is 0 Å². The second-order valence-electron chi connectivity index (χ2n) is 4.37. The number of aromatic nitrogens is 1. The maximum atomic E-state index is 12.5. The zero-order valence-corrected chi connectivity index (χ0v) is 11.5. The Balaban J connectivity index is 2.51. The fourth-order valence-corrected chi connectivity index (χ4v) is 1.54. The third kappa shape index (κ3) is 6.72. The summed E-state index contributed by atoms with van der Waals surface area (Å²) in [5, 5.41) is 2.13. The summed E-state index contributed by atoms with van der Waals surface area (Å²) in [6.45, 7) is -2.87. The lowest BCUT2D eigenvalue weighted by Crippen LogP contribution is -2.36. The lowest BCUT2D eigenvalue weighted by Gasteiger charge is -2.11. The third-order valence-corrected chi connectivity index (χ3v) is 2.47. The Morgan fingerprint density at radius 1 is 1.22 bits per heavy atom. The average molecular weight is 346 g/mol. The van der Waals surface area contributed by atoms with E-state index in [1.54, 1.807) is 0 Å². The van der Waals surface area contributed by atoms with E-state index in [9.17, 15) is 35.9 Å². The first-order valence-corrected chi connectivity index (χ1v) is 6.18. The molecule has 130 valence electrons. The van der Waals surface area contributed by atoms with Crippen molar-refractivity contribution in [1.29, 1.82) is 0 Å². The van der Waals surface area contributed by atoms with Crippen molar-refractivity contribution >= 4 is 5.91 Å². The van der Waals surface area contributed by atoms with Gasteiger partial charge in [0.05, 0.1) is 6.61 Å². The van der Waals surface area contributed by atoms with Crippen molar-refractivity contribution in [2.24, 2.45) is 0 Å². The van der Waals surface area contributed by atoms with E-state index >= 15 is 0 Å². The van der Waals surface area contributed by atoms with Crippen LogP contribution in [0.25, 0.3) is 0 Å². The van der Waals surface area contributed by atoms with Crippen LogP contribution in [0.4, 0.5) is 26.3 Å². The number of alkyl halides is 6. The highest BCUT2D eigenvalue weighted by Crippen LogP contribution is 2.25. The zero-order valence-electron chi connectivity index (χ0n) is 11.5. The first-order chi connectivity index (χ1) is 10.5. The van der Waals surface area contributed by atoms with Crippen LogP contribution in [0.15, 0.2) is 23.1 Å². The molecule has 5 nitrogen and oxygen atoms in total. The number of amides is 1. The Labute approximate surface area is 125 Å². The summed E-state index contributed by atoms with van der Waals surface area (Å²) in [7, 11) is 0. The molecular formula is C12H12F6N2O3. The molecule has 1 aromatic rings. The quantitative estimate of drug-likeness (QED) is 0.628. The van der Waals surface area contributed by atoms with Gasteiger partial charge in [0.1, 0.15) is 18.7 Å². The molecule has 0 unspecified atom stereocenters. The van der Waals surface area contributed by atoms with E-state index in [4.69, 9.17) is 0 Å². The number of ether oxygens (including phenoxy) is 1. The molecule has 1 N–H and O–H groups in total. The van der Waals surface area contributed by atoms with E-state index in [0.29, 0.717) is 10.6 Å². The average Bonchev–Trinajstić information content (AvgIpc) is 2.38. The zero-order chi connectivity index (χ0) is 17.7. The van der Waals surface area contributed by atoms with Crippen LogP contribution in [0.3, 0.4) is 0 Å². The first-order valence-electron chi connectivity index (χ1n) is 6.18. The van der Waals surface area contributed by atoms with Gasteiger partial charge in [0.15, 0.2) is 0 Å². The molecule has 1 heterocycles. The molecule has 0 atom stereocenters. The van der Waals surface area contributed by atoms with Crippen molar-refractivity contribution in [2.75, 3.05) is 19.8 Å². The predicted molar refractivity (Wildman–Crippen MR) is 65.6 cm³/mol. The van der Waals surface area contributed by atoms with Gasteiger partial charge in [-0.1, -0.05) is 0 Å². The Kier molecular flexibility index (Phi) is 6.19. The Hall–Kier alpha value is -2.04. The number of nitrogens with zero attached hydrogens (tertiary/aromatic N) is 1. The molecule has 0 bridgehead atoms.